The first kappa shape index (κ1) is 11.0. The second kappa shape index (κ2) is 4.98. The Hall–Kier alpha value is -1.06. The van der Waals surface area contributed by atoms with Gasteiger partial charge < -0.3 is 5.11 Å². The predicted octanol–water partition coefficient (Wildman–Crippen LogP) is 2.41. The van der Waals surface area contributed by atoms with E-state index in [-0.39, 0.29) is 11.3 Å². The van der Waals surface area contributed by atoms with Crippen molar-refractivity contribution in [2.75, 3.05) is 0 Å². The van der Waals surface area contributed by atoms with Gasteiger partial charge in [0.1, 0.15) is 10.6 Å². The van der Waals surface area contributed by atoms with Gasteiger partial charge in [0, 0.05) is 6.21 Å². The summed E-state index contributed by atoms with van der Waals surface area (Å²) < 4.78 is 0. The number of aliphatic imine (C=N–C) groups is 1. The molecule has 0 aromatic heterocycles. The molecular weight excluding hydrogens is 225 g/mol. The molecule has 0 bridgehead atoms. The van der Waals surface area contributed by atoms with Crippen LogP contribution in [0.5, 0.6) is 5.75 Å². The lowest BCUT2D eigenvalue weighted by molar-refractivity contribution is 0.100. The van der Waals surface area contributed by atoms with Crippen LogP contribution in [0.25, 0.3) is 0 Å². The largest absolute Gasteiger partial charge is 0.507 e. The molecule has 0 aliphatic heterocycles. The average Bonchev–Trinajstić information content (AvgIpc) is 2.15. The molecule has 1 aromatic rings. The van der Waals surface area contributed by atoms with Crippen LogP contribution in [0.1, 0.15) is 10.4 Å². The molecule has 74 valence electrons. The number of hydrogen-bond donors (Lipinski definition) is 1. The fourth-order valence-corrected chi connectivity index (χ4v) is 0.961. The zero-order valence-electron chi connectivity index (χ0n) is 7.02. The number of rotatable bonds is 2. The van der Waals surface area contributed by atoms with Gasteiger partial charge in [-0.05, 0) is 12.1 Å². The summed E-state index contributed by atoms with van der Waals surface area (Å²) in [6, 6.07) is 6.11. The maximum absolute atomic E-state index is 11.3. The smallest absolute Gasteiger partial charge is 0.280 e. The topological polar surface area (TPSA) is 49.7 Å². The van der Waals surface area contributed by atoms with Gasteiger partial charge >= 0.3 is 0 Å². The second-order valence-corrected chi connectivity index (χ2v) is 3.60. The molecule has 0 heterocycles. The van der Waals surface area contributed by atoms with Crippen molar-refractivity contribution in [1.29, 1.82) is 0 Å². The van der Waals surface area contributed by atoms with Gasteiger partial charge in [0.25, 0.3) is 5.91 Å². The molecule has 0 saturated carbocycles. The van der Waals surface area contributed by atoms with Crippen molar-refractivity contribution >= 4 is 35.3 Å². The lowest BCUT2D eigenvalue weighted by atomic mass is 10.2. The Labute approximate surface area is 91.0 Å². The van der Waals surface area contributed by atoms with E-state index in [4.69, 9.17) is 23.2 Å². The van der Waals surface area contributed by atoms with Gasteiger partial charge in [-0.2, -0.15) is 0 Å². The van der Waals surface area contributed by atoms with Crippen LogP contribution in [0.4, 0.5) is 0 Å². The predicted molar refractivity (Wildman–Crippen MR) is 56.4 cm³/mol. The van der Waals surface area contributed by atoms with Crippen molar-refractivity contribution in [2.45, 2.75) is 4.84 Å². The van der Waals surface area contributed by atoms with Gasteiger partial charge in [0.05, 0.1) is 5.56 Å². The quantitative estimate of drug-likeness (QED) is 0.628. The van der Waals surface area contributed by atoms with E-state index in [9.17, 15) is 9.90 Å². The molecule has 14 heavy (non-hydrogen) atoms. The molecule has 1 aromatic carbocycles. The van der Waals surface area contributed by atoms with E-state index in [0.717, 1.165) is 6.21 Å². The molecule has 0 radical (unpaired) electrons. The molecular formula is C9H7Cl2NO2. The Morgan fingerprint density at radius 3 is 2.64 bits per heavy atom. The number of phenolic OH excluding ortho intramolecular Hbond substituents is 1. The Morgan fingerprint density at radius 1 is 1.43 bits per heavy atom. The maximum atomic E-state index is 11.3. The molecule has 0 spiro atoms. The van der Waals surface area contributed by atoms with Crippen LogP contribution in [0.3, 0.4) is 0 Å². The summed E-state index contributed by atoms with van der Waals surface area (Å²) in [6.07, 6.45) is 1.10. The highest BCUT2D eigenvalue weighted by Crippen LogP contribution is 2.16. The minimum Gasteiger partial charge on any atom is -0.507 e. The summed E-state index contributed by atoms with van der Waals surface area (Å²) in [5, 5.41) is 9.29. The van der Waals surface area contributed by atoms with Crippen molar-refractivity contribution in [3.05, 3.63) is 29.8 Å². The fourth-order valence-electron chi connectivity index (χ4n) is 0.848. The molecule has 0 fully saturated rings. The molecule has 1 amide bonds. The van der Waals surface area contributed by atoms with E-state index in [1.54, 1.807) is 12.1 Å². The van der Waals surface area contributed by atoms with E-state index in [1.807, 2.05) is 0 Å². The van der Waals surface area contributed by atoms with Crippen LogP contribution < -0.4 is 0 Å². The van der Waals surface area contributed by atoms with Gasteiger partial charge in [-0.25, -0.2) is 4.99 Å². The van der Waals surface area contributed by atoms with Crippen LogP contribution in [0.2, 0.25) is 0 Å². The van der Waals surface area contributed by atoms with E-state index in [0.29, 0.717) is 0 Å². The lowest BCUT2D eigenvalue weighted by Crippen LogP contribution is -1.98. The van der Waals surface area contributed by atoms with Crippen molar-refractivity contribution in [3.8, 4) is 5.75 Å². The first-order chi connectivity index (χ1) is 6.61. The number of carbonyl (C=O) groups is 1. The lowest BCUT2D eigenvalue weighted by Gasteiger charge is -1.98. The Kier molecular flexibility index (Phi) is 3.92. The van der Waals surface area contributed by atoms with Gasteiger partial charge in [-0.1, -0.05) is 35.3 Å². The number of hydrogen-bond acceptors (Lipinski definition) is 2. The molecule has 5 heteroatoms. The number of aromatic hydroxyl groups is 1. The van der Waals surface area contributed by atoms with E-state index < -0.39 is 10.7 Å². The Bertz CT molecular complexity index is 364. The van der Waals surface area contributed by atoms with Crippen molar-refractivity contribution in [1.82, 2.24) is 0 Å². The number of para-hydroxylation sites is 1. The van der Waals surface area contributed by atoms with Crippen molar-refractivity contribution in [2.24, 2.45) is 4.99 Å². The van der Waals surface area contributed by atoms with Crippen LogP contribution in [0, 0.1) is 0 Å². The minimum absolute atomic E-state index is 0.115. The summed E-state index contributed by atoms with van der Waals surface area (Å²) in [6.45, 7) is 0. The number of amides is 1. The van der Waals surface area contributed by atoms with E-state index >= 15 is 0 Å². The van der Waals surface area contributed by atoms with Gasteiger partial charge in [0.2, 0.25) is 0 Å². The van der Waals surface area contributed by atoms with Crippen molar-refractivity contribution < 1.29 is 9.90 Å². The number of nitrogens with zero attached hydrogens (tertiary/aromatic N) is 1. The van der Waals surface area contributed by atoms with Crippen LogP contribution >= 0.6 is 23.2 Å². The van der Waals surface area contributed by atoms with Crippen molar-refractivity contribution in [3.63, 3.8) is 0 Å². The van der Waals surface area contributed by atoms with Gasteiger partial charge in [0.15, 0.2) is 0 Å². The third-order valence-corrected chi connectivity index (χ3v) is 1.66. The molecule has 0 aliphatic rings. The summed E-state index contributed by atoms with van der Waals surface area (Å²) in [4.78, 5) is 13.9. The third-order valence-electron chi connectivity index (χ3n) is 1.44. The second-order valence-electron chi connectivity index (χ2n) is 2.43. The summed E-state index contributed by atoms with van der Waals surface area (Å²) in [7, 11) is 0. The van der Waals surface area contributed by atoms with Gasteiger partial charge in [-0.3, -0.25) is 4.79 Å². The molecule has 1 rings (SSSR count). The number of alkyl halides is 2. The Morgan fingerprint density at radius 2 is 2.07 bits per heavy atom. The summed E-state index contributed by atoms with van der Waals surface area (Å²) >= 11 is 10.7. The zero-order valence-corrected chi connectivity index (χ0v) is 8.53. The van der Waals surface area contributed by atoms with E-state index in [2.05, 4.69) is 4.99 Å². The summed E-state index contributed by atoms with van der Waals surface area (Å²) in [5.74, 6) is -0.690. The molecule has 3 nitrogen and oxygen atoms in total. The Balaban J connectivity index is 2.85. The molecule has 0 aliphatic carbocycles. The number of carbonyl (C=O) groups excluding carboxylic acids is 1. The van der Waals surface area contributed by atoms with Crippen LogP contribution in [0.15, 0.2) is 29.3 Å². The maximum Gasteiger partial charge on any atom is 0.280 e. The van der Waals surface area contributed by atoms with E-state index in [1.165, 1.54) is 12.1 Å². The zero-order chi connectivity index (χ0) is 10.6. The molecule has 0 unspecified atom stereocenters. The molecule has 0 saturated heterocycles. The number of phenols is 1. The fraction of sp³-hybridized carbons (Fsp3) is 0.111. The third kappa shape index (κ3) is 3.01. The first-order valence-electron chi connectivity index (χ1n) is 3.76. The first-order valence-corrected chi connectivity index (χ1v) is 4.63. The monoisotopic (exact) mass is 231 g/mol. The van der Waals surface area contributed by atoms with Crippen LogP contribution in [-0.2, 0) is 0 Å². The molecule has 1 N–H and O–H groups in total. The highest BCUT2D eigenvalue weighted by atomic mass is 35.5. The van der Waals surface area contributed by atoms with Crippen LogP contribution in [-0.4, -0.2) is 22.1 Å². The standard InChI is InChI=1S/C9H7Cl2NO2/c10-8(11)5-12-9(14)6-3-1-2-4-7(6)13/h1-5,8,13H. The van der Waals surface area contributed by atoms with Gasteiger partial charge in [-0.15, -0.1) is 0 Å². The molecule has 0 atom stereocenters. The highest BCUT2D eigenvalue weighted by molar-refractivity contribution is 6.51. The summed E-state index contributed by atoms with van der Waals surface area (Å²) in [5.41, 5.74) is 0.123. The average molecular weight is 232 g/mol. The number of halogens is 2. The minimum atomic E-state index is -0.829. The highest BCUT2D eigenvalue weighted by Gasteiger charge is 2.08. The number of benzene rings is 1. The SMILES string of the molecule is O=C(N=CC(Cl)Cl)c1ccccc1O. The normalized spacial score (nSPS) is 11.1.